The lowest BCUT2D eigenvalue weighted by Gasteiger charge is -2.10. The molecule has 11 nitrogen and oxygen atoms in total. The molecule has 3 aromatic rings. The van der Waals surface area contributed by atoms with Gasteiger partial charge in [0.25, 0.3) is 0 Å². The molecule has 2 aromatic carbocycles. The number of amides is 2. The maximum absolute atomic E-state index is 11.9. The molecule has 1 aromatic heterocycles. The molecule has 0 aliphatic rings. The number of aryl methyl sites for hydroxylation is 3. The fraction of sp³-hybridized carbons (Fsp3) is 0.344. The van der Waals surface area contributed by atoms with Crippen LogP contribution in [0.1, 0.15) is 40.4 Å². The normalized spacial score (nSPS) is 9.51. The minimum atomic E-state index is -1.08. The number of nitrogens with zero attached hydrogens (tertiary/aromatic N) is 1. The van der Waals surface area contributed by atoms with Gasteiger partial charge in [-0.25, -0.2) is 4.79 Å². The summed E-state index contributed by atoms with van der Waals surface area (Å²) in [6, 6.07) is 15.6. The molecule has 0 unspecified atom stereocenters. The van der Waals surface area contributed by atoms with Gasteiger partial charge in [-0.15, -0.1) is 12.4 Å². The Morgan fingerprint density at radius 1 is 0.822 bits per heavy atom. The van der Waals surface area contributed by atoms with Crippen LogP contribution in [-0.2, 0) is 43.4 Å². The molecule has 0 saturated carbocycles. The molecule has 13 heteroatoms. The molecule has 2 amide bonds. The molecule has 0 atom stereocenters. The lowest BCUT2D eigenvalue weighted by molar-refractivity contribution is -0.149. The number of carbonyl (C=O) groups is 4. The number of carbonyl (C=O) groups excluding carboxylic acids is 4. The Balaban J connectivity index is 0.000000798. The van der Waals surface area contributed by atoms with Crippen LogP contribution in [0.5, 0.6) is 11.5 Å². The molecule has 0 aliphatic heterocycles. The summed E-state index contributed by atoms with van der Waals surface area (Å²) >= 11 is 4.69. The average molecular weight is 666 g/mol. The van der Waals surface area contributed by atoms with E-state index in [-0.39, 0.29) is 25.6 Å². The van der Waals surface area contributed by atoms with E-state index in [0.29, 0.717) is 25.3 Å². The Hall–Kier alpha value is -4.19. The van der Waals surface area contributed by atoms with Crippen LogP contribution in [0.15, 0.2) is 54.7 Å². The fourth-order valence-electron chi connectivity index (χ4n) is 3.49. The van der Waals surface area contributed by atoms with Crippen molar-refractivity contribution >= 4 is 47.0 Å². The van der Waals surface area contributed by atoms with Gasteiger partial charge in [-0.2, -0.15) is 0 Å². The number of ether oxygens (including phenoxy) is 3. The maximum atomic E-state index is 11.9. The minimum absolute atomic E-state index is 0. The Morgan fingerprint density at radius 3 is 1.82 bits per heavy atom. The van der Waals surface area contributed by atoms with Crippen molar-refractivity contribution in [3.8, 4) is 11.5 Å². The number of hydrogen-bond acceptors (Lipinski definition) is 9. The van der Waals surface area contributed by atoms with Crippen molar-refractivity contribution in [2.45, 2.75) is 47.2 Å². The number of rotatable bonds is 10. The molecule has 4 N–H and O–H groups in total. The molecule has 0 bridgehead atoms. The second-order valence-corrected chi connectivity index (χ2v) is 9.69. The van der Waals surface area contributed by atoms with Gasteiger partial charge >= 0.3 is 23.0 Å². The first-order chi connectivity index (χ1) is 20.9. The van der Waals surface area contributed by atoms with Crippen molar-refractivity contribution in [1.29, 1.82) is 0 Å². The number of esters is 1. The van der Waals surface area contributed by atoms with Crippen LogP contribution >= 0.6 is 24.0 Å². The standard InChI is InChI=1S/C19H23N3O3.C9H13NO.C4H5ClO3.ClH/c1-13-4-6-15(17(10-13)25-3)12-22-19(24)18(23)20-9-8-16-7-5-14(2)11-21-16;1-7-3-4-8(6-10)9(5-7)11-2;1-2-8-4(7)3(5)6;/h4-7,10-11H,8-9,12H2,1-3H3,(H,20,23)(H,22,24);3-5H,6,10H2,1-2H3;2H2,1H3;1H. The highest BCUT2D eigenvalue weighted by atomic mass is 35.5. The third-order valence-electron chi connectivity index (χ3n) is 5.83. The van der Waals surface area contributed by atoms with Gasteiger partial charge < -0.3 is 30.6 Å². The Bertz CT molecular complexity index is 1390. The fourth-order valence-corrected chi connectivity index (χ4v) is 3.55. The van der Waals surface area contributed by atoms with Crippen LogP contribution in [0.3, 0.4) is 0 Å². The van der Waals surface area contributed by atoms with E-state index < -0.39 is 23.0 Å². The van der Waals surface area contributed by atoms with Crippen LogP contribution in [0.4, 0.5) is 0 Å². The zero-order valence-electron chi connectivity index (χ0n) is 26.4. The summed E-state index contributed by atoms with van der Waals surface area (Å²) in [5, 5.41) is 4.12. The first-order valence-electron chi connectivity index (χ1n) is 13.8. The van der Waals surface area contributed by atoms with Crippen LogP contribution in [-0.4, -0.2) is 55.4 Å². The molecule has 246 valence electrons. The summed E-state index contributed by atoms with van der Waals surface area (Å²) in [5.41, 5.74) is 11.6. The molecule has 0 aliphatic carbocycles. The number of pyridine rings is 1. The van der Waals surface area contributed by atoms with Crippen molar-refractivity contribution in [2.24, 2.45) is 5.73 Å². The highest BCUT2D eigenvalue weighted by Gasteiger charge is 2.14. The van der Waals surface area contributed by atoms with E-state index in [1.165, 1.54) is 5.56 Å². The second-order valence-electron chi connectivity index (χ2n) is 9.34. The number of methoxy groups -OCH3 is 2. The van der Waals surface area contributed by atoms with Gasteiger partial charge in [0.05, 0.1) is 20.8 Å². The molecule has 0 fully saturated rings. The topological polar surface area (TPSA) is 159 Å². The zero-order valence-corrected chi connectivity index (χ0v) is 28.0. The summed E-state index contributed by atoms with van der Waals surface area (Å²) in [5.74, 6) is -0.745. The van der Waals surface area contributed by atoms with Gasteiger partial charge in [0, 0.05) is 49.1 Å². The van der Waals surface area contributed by atoms with Crippen molar-refractivity contribution in [3.63, 3.8) is 0 Å². The molecule has 1 heterocycles. The highest BCUT2D eigenvalue weighted by Crippen LogP contribution is 2.20. The summed E-state index contributed by atoms with van der Waals surface area (Å²) in [6.45, 7) is 8.85. The van der Waals surface area contributed by atoms with E-state index in [4.69, 9.17) is 26.8 Å². The van der Waals surface area contributed by atoms with Crippen LogP contribution < -0.4 is 25.8 Å². The van der Waals surface area contributed by atoms with E-state index in [9.17, 15) is 19.2 Å². The van der Waals surface area contributed by atoms with Crippen molar-refractivity contribution in [2.75, 3.05) is 27.4 Å². The summed E-state index contributed by atoms with van der Waals surface area (Å²) in [7, 11) is 3.24. The molecular formula is C32H42Cl2N4O7. The monoisotopic (exact) mass is 664 g/mol. The van der Waals surface area contributed by atoms with Gasteiger partial charge in [-0.1, -0.05) is 30.3 Å². The predicted octanol–water partition coefficient (Wildman–Crippen LogP) is 3.88. The number of aromatic nitrogens is 1. The highest BCUT2D eigenvalue weighted by molar-refractivity contribution is 6.80. The van der Waals surface area contributed by atoms with E-state index in [1.54, 1.807) is 27.3 Å². The summed E-state index contributed by atoms with van der Waals surface area (Å²) in [4.78, 5) is 47.9. The molecular weight excluding hydrogens is 623 g/mol. The smallest absolute Gasteiger partial charge is 0.391 e. The third-order valence-corrected chi connectivity index (χ3v) is 5.98. The summed E-state index contributed by atoms with van der Waals surface area (Å²) in [6.07, 6.45) is 2.35. The van der Waals surface area contributed by atoms with Gasteiger partial charge in [0.15, 0.2) is 0 Å². The van der Waals surface area contributed by atoms with Gasteiger partial charge in [0.2, 0.25) is 0 Å². The quantitative estimate of drug-likeness (QED) is 0.166. The van der Waals surface area contributed by atoms with Gasteiger partial charge in [-0.05, 0) is 74.2 Å². The number of benzene rings is 2. The molecule has 0 saturated heterocycles. The second kappa shape index (κ2) is 22.3. The molecule has 45 heavy (non-hydrogen) atoms. The maximum Gasteiger partial charge on any atom is 0.391 e. The Labute approximate surface area is 275 Å². The number of halogens is 2. The SMILES string of the molecule is CCOC(=O)C(=O)Cl.COc1cc(C)ccc1CN.COc1cc(C)ccc1CNC(=O)C(=O)NCCc1ccc(C)cn1.Cl. The van der Waals surface area contributed by atoms with E-state index in [0.717, 1.165) is 33.7 Å². The van der Waals surface area contributed by atoms with Gasteiger partial charge in [0.1, 0.15) is 11.5 Å². The summed E-state index contributed by atoms with van der Waals surface area (Å²) < 4.78 is 14.6. The lowest BCUT2D eigenvalue weighted by atomic mass is 10.1. The average Bonchev–Trinajstić information content (AvgIpc) is 3.01. The Morgan fingerprint density at radius 2 is 1.36 bits per heavy atom. The third kappa shape index (κ3) is 15.9. The lowest BCUT2D eigenvalue weighted by Crippen LogP contribution is -2.40. The minimum Gasteiger partial charge on any atom is -0.496 e. The zero-order chi connectivity index (χ0) is 33.1. The van der Waals surface area contributed by atoms with Crippen LogP contribution in [0.2, 0.25) is 0 Å². The Kier molecular flexibility index (Phi) is 20.3. The van der Waals surface area contributed by atoms with Crippen molar-refractivity contribution < 1.29 is 33.4 Å². The number of nitrogens with one attached hydrogen (secondary N) is 2. The van der Waals surface area contributed by atoms with Gasteiger partial charge in [-0.3, -0.25) is 19.4 Å². The van der Waals surface area contributed by atoms with E-state index in [1.807, 2.05) is 69.3 Å². The first-order valence-corrected chi connectivity index (χ1v) is 14.1. The predicted molar refractivity (Wildman–Crippen MR) is 176 cm³/mol. The van der Waals surface area contributed by atoms with Crippen LogP contribution in [0, 0.1) is 20.8 Å². The molecule has 0 radical (unpaired) electrons. The van der Waals surface area contributed by atoms with Crippen molar-refractivity contribution in [3.05, 3.63) is 88.2 Å². The van der Waals surface area contributed by atoms with Crippen molar-refractivity contribution in [1.82, 2.24) is 15.6 Å². The van der Waals surface area contributed by atoms with Crippen LogP contribution in [0.25, 0.3) is 0 Å². The first kappa shape index (κ1) is 40.8. The molecule has 3 rings (SSSR count). The van der Waals surface area contributed by atoms with E-state index >= 15 is 0 Å². The number of hydrogen-bond donors (Lipinski definition) is 3. The largest absolute Gasteiger partial charge is 0.496 e. The van der Waals surface area contributed by atoms with E-state index in [2.05, 4.69) is 20.4 Å². The number of nitrogens with two attached hydrogens (primary N) is 1. The molecule has 0 spiro atoms.